The first-order chi connectivity index (χ1) is 15.8. The van der Waals surface area contributed by atoms with Crippen LogP contribution in [-0.2, 0) is 26.8 Å². The Morgan fingerprint density at radius 1 is 1.12 bits per heavy atom. The minimum Gasteiger partial charge on any atom is -0.295 e. The van der Waals surface area contributed by atoms with Crippen molar-refractivity contribution in [3.05, 3.63) is 102 Å². The smallest absolute Gasteiger partial charge is 0.268 e. The zero-order chi connectivity index (χ0) is 23.4. The molecule has 0 spiro atoms. The topological polar surface area (TPSA) is 59.4 Å². The number of aromatic nitrogens is 1. The van der Waals surface area contributed by atoms with Crippen LogP contribution >= 0.6 is 0 Å². The van der Waals surface area contributed by atoms with E-state index in [0.717, 1.165) is 35.1 Å². The van der Waals surface area contributed by atoms with Gasteiger partial charge in [0, 0.05) is 18.5 Å². The number of fused-ring (bicyclic) bond motifs is 5. The van der Waals surface area contributed by atoms with Crippen LogP contribution in [0.1, 0.15) is 23.7 Å². The lowest BCUT2D eigenvalue weighted by Crippen LogP contribution is -2.48. The Morgan fingerprint density at radius 2 is 1.85 bits per heavy atom. The minimum absolute atomic E-state index is 0.0872. The van der Waals surface area contributed by atoms with Gasteiger partial charge in [-0.3, -0.25) is 9.69 Å². The second-order valence-corrected chi connectivity index (χ2v) is 10.5. The number of benzene rings is 2. The second kappa shape index (κ2) is 7.68. The molecule has 1 atom stereocenters. The first-order valence-electron chi connectivity index (χ1n) is 11.0. The van der Waals surface area contributed by atoms with Crippen molar-refractivity contribution in [3.8, 4) is 0 Å². The Morgan fingerprint density at radius 3 is 2.55 bits per heavy atom. The normalized spacial score (nSPS) is 20.6. The molecule has 3 aromatic rings. The summed E-state index contributed by atoms with van der Waals surface area (Å²) in [4.78, 5) is 14.5. The lowest BCUT2D eigenvalue weighted by atomic mass is 9.80. The summed E-state index contributed by atoms with van der Waals surface area (Å²) < 4.78 is 29.8. The summed E-state index contributed by atoms with van der Waals surface area (Å²) in [6.07, 6.45) is 7.98. The maximum atomic E-state index is 14.2. The second-order valence-electron chi connectivity index (χ2n) is 8.70. The zero-order valence-corrected chi connectivity index (χ0v) is 19.6. The predicted molar refractivity (Wildman–Crippen MR) is 131 cm³/mol. The molecular formula is C27H26N2O3S. The van der Waals surface area contributed by atoms with Crippen molar-refractivity contribution in [1.82, 2.24) is 8.87 Å². The molecule has 0 N–H and O–H groups in total. The van der Waals surface area contributed by atoms with Crippen molar-refractivity contribution in [3.63, 3.8) is 0 Å². The largest absolute Gasteiger partial charge is 0.295 e. The molecule has 0 fully saturated rings. The van der Waals surface area contributed by atoms with E-state index in [-0.39, 0.29) is 10.7 Å². The highest BCUT2D eigenvalue weighted by atomic mass is 32.2. The summed E-state index contributed by atoms with van der Waals surface area (Å²) >= 11 is 0. The van der Waals surface area contributed by atoms with Crippen LogP contribution in [0.25, 0.3) is 10.9 Å². The molecule has 0 saturated carbocycles. The summed E-state index contributed by atoms with van der Waals surface area (Å²) in [7, 11) is -3.92. The monoisotopic (exact) mass is 458 g/mol. The van der Waals surface area contributed by atoms with Crippen molar-refractivity contribution in [1.29, 1.82) is 0 Å². The quantitative estimate of drug-likeness (QED) is 0.528. The van der Waals surface area contributed by atoms with Gasteiger partial charge in [0.2, 0.25) is 0 Å². The van der Waals surface area contributed by atoms with E-state index >= 15 is 0 Å². The van der Waals surface area contributed by atoms with Gasteiger partial charge in [0.1, 0.15) is 5.54 Å². The number of hydrogen-bond acceptors (Lipinski definition) is 4. The Bertz CT molecular complexity index is 1460. The number of rotatable bonds is 5. The molecule has 1 unspecified atom stereocenters. The van der Waals surface area contributed by atoms with Crippen LogP contribution in [0, 0.1) is 6.92 Å². The average Bonchev–Trinajstić information content (AvgIpc) is 3.34. The van der Waals surface area contributed by atoms with Crippen LogP contribution in [0.2, 0.25) is 0 Å². The van der Waals surface area contributed by atoms with Gasteiger partial charge < -0.3 is 0 Å². The Balaban J connectivity index is 1.92. The van der Waals surface area contributed by atoms with Crippen molar-refractivity contribution in [2.45, 2.75) is 30.7 Å². The van der Waals surface area contributed by atoms with Gasteiger partial charge in [-0.05, 0) is 55.7 Å². The van der Waals surface area contributed by atoms with Crippen LogP contribution in [0.3, 0.4) is 0 Å². The fraction of sp³-hybridized carbons (Fsp3) is 0.222. The van der Waals surface area contributed by atoms with E-state index in [1.807, 2.05) is 49.4 Å². The zero-order valence-electron chi connectivity index (χ0n) is 18.8. The molecule has 5 rings (SSSR count). The molecule has 2 aromatic carbocycles. The number of allylic oxidation sites excluding steroid dienone is 1. The third-order valence-electron chi connectivity index (χ3n) is 6.74. The molecule has 1 aromatic heterocycles. The molecule has 2 aliphatic heterocycles. The van der Waals surface area contributed by atoms with E-state index in [1.54, 1.807) is 24.3 Å². The fourth-order valence-electron chi connectivity index (χ4n) is 5.23. The first kappa shape index (κ1) is 21.6. The molecule has 0 bridgehead atoms. The average molecular weight is 459 g/mol. The number of carbonyl (C=O) groups excluding carboxylic acids is 1. The molecule has 0 saturated heterocycles. The van der Waals surface area contributed by atoms with E-state index in [9.17, 15) is 13.2 Å². The van der Waals surface area contributed by atoms with Crippen LogP contribution in [0.15, 0.2) is 89.9 Å². The van der Waals surface area contributed by atoms with E-state index in [4.69, 9.17) is 0 Å². The molecule has 0 aliphatic carbocycles. The molecule has 3 heterocycles. The Kier molecular flexibility index (Phi) is 5.03. The first-order valence-corrected chi connectivity index (χ1v) is 12.5. The molecule has 0 amide bonds. The summed E-state index contributed by atoms with van der Waals surface area (Å²) in [6.45, 7) is 8.87. The maximum absolute atomic E-state index is 14.2. The van der Waals surface area contributed by atoms with Gasteiger partial charge in [-0.25, -0.2) is 12.4 Å². The van der Waals surface area contributed by atoms with E-state index < -0.39 is 15.6 Å². The number of para-hydroxylation sites is 1. The lowest BCUT2D eigenvalue weighted by Gasteiger charge is -2.43. The lowest BCUT2D eigenvalue weighted by molar-refractivity contribution is -0.112. The predicted octanol–water partition coefficient (Wildman–Crippen LogP) is 4.51. The van der Waals surface area contributed by atoms with Gasteiger partial charge in [0.05, 0.1) is 16.1 Å². The van der Waals surface area contributed by atoms with Gasteiger partial charge in [0.25, 0.3) is 10.0 Å². The number of hydrogen-bond donors (Lipinski definition) is 0. The number of carbonyl (C=O) groups is 1. The molecule has 2 aliphatic rings. The van der Waals surface area contributed by atoms with Crippen LogP contribution in [0.5, 0.6) is 0 Å². The Hall–Kier alpha value is -3.22. The standard InChI is InChI=1S/C27H26N2O3S/c1-4-21-14-17-28-18-15-24-23-7-5-6-8-25(23)29(26(24)27(21,28)16-13-20(3)30)33(31,32)22-11-9-19(2)10-12-22/h4-14,16H,1,15,17-18H2,2-3H3/b16-13+. The highest BCUT2D eigenvalue weighted by Gasteiger charge is 2.50. The molecule has 6 heteroatoms. The van der Waals surface area contributed by atoms with Gasteiger partial charge in [0.15, 0.2) is 5.78 Å². The maximum Gasteiger partial charge on any atom is 0.268 e. The van der Waals surface area contributed by atoms with Crippen molar-refractivity contribution in [2.75, 3.05) is 13.1 Å². The summed E-state index contributed by atoms with van der Waals surface area (Å²) in [6, 6.07) is 14.6. The Labute approximate surface area is 194 Å². The number of aryl methyl sites for hydroxylation is 1. The van der Waals surface area contributed by atoms with Crippen LogP contribution in [-0.4, -0.2) is 36.2 Å². The summed E-state index contributed by atoms with van der Waals surface area (Å²) in [5.74, 6) is -0.0872. The SMILES string of the molecule is C=CC1=CCN2CCc3c(n(S(=O)(=O)c4ccc(C)cc4)c4ccccc34)C12/C=C/C(C)=O. The molecule has 0 radical (unpaired) electrons. The van der Waals surface area contributed by atoms with Crippen molar-refractivity contribution < 1.29 is 13.2 Å². The molecule has 33 heavy (non-hydrogen) atoms. The van der Waals surface area contributed by atoms with Crippen LogP contribution < -0.4 is 0 Å². The number of nitrogens with zero attached hydrogens (tertiary/aromatic N) is 2. The van der Waals surface area contributed by atoms with E-state index in [0.29, 0.717) is 17.8 Å². The van der Waals surface area contributed by atoms with Crippen molar-refractivity contribution >= 4 is 26.7 Å². The van der Waals surface area contributed by atoms with E-state index in [1.165, 1.54) is 10.9 Å². The van der Waals surface area contributed by atoms with Gasteiger partial charge in [-0.1, -0.05) is 60.7 Å². The summed E-state index contributed by atoms with van der Waals surface area (Å²) in [5, 5.41) is 0.925. The molecule has 168 valence electrons. The third kappa shape index (κ3) is 3.09. The fourth-order valence-corrected chi connectivity index (χ4v) is 6.83. The van der Waals surface area contributed by atoms with Gasteiger partial charge >= 0.3 is 0 Å². The highest BCUT2D eigenvalue weighted by Crippen LogP contribution is 2.50. The van der Waals surface area contributed by atoms with Gasteiger partial charge in [-0.15, -0.1) is 0 Å². The van der Waals surface area contributed by atoms with Crippen LogP contribution in [0.4, 0.5) is 0 Å². The van der Waals surface area contributed by atoms with Gasteiger partial charge in [-0.2, -0.15) is 0 Å². The highest BCUT2D eigenvalue weighted by molar-refractivity contribution is 7.90. The molecule has 5 nitrogen and oxygen atoms in total. The van der Waals surface area contributed by atoms with Crippen molar-refractivity contribution in [2.24, 2.45) is 0 Å². The molecular weight excluding hydrogens is 432 g/mol. The number of ketones is 1. The van der Waals surface area contributed by atoms with E-state index in [2.05, 4.69) is 17.6 Å². The summed E-state index contributed by atoms with van der Waals surface area (Å²) in [5.41, 5.74) is 3.34. The minimum atomic E-state index is -3.92. The third-order valence-corrected chi connectivity index (χ3v) is 8.47.